The van der Waals surface area contributed by atoms with Gasteiger partial charge in [0.15, 0.2) is 5.82 Å². The number of amidine groups is 1. The van der Waals surface area contributed by atoms with Gasteiger partial charge in [-0.15, -0.1) is 0 Å². The number of hydrogen-bond donors (Lipinski definition) is 2. The predicted molar refractivity (Wildman–Crippen MR) is 130 cm³/mol. The summed E-state index contributed by atoms with van der Waals surface area (Å²) < 4.78 is 46.0. The SMILES string of the molecule is COc1cnc2c(Nc3ccc(F)c([C@]4(C)CN(C)S(=O)(=O)C(C)(C)C(N)=N4)c3)nccc2c1. The zero-order valence-corrected chi connectivity index (χ0v) is 20.4. The van der Waals surface area contributed by atoms with Crippen molar-refractivity contribution in [3.8, 4) is 5.75 Å². The lowest BCUT2D eigenvalue weighted by molar-refractivity contribution is 0.355. The van der Waals surface area contributed by atoms with Gasteiger partial charge in [-0.25, -0.2) is 27.1 Å². The first-order chi connectivity index (χ1) is 15.9. The number of fused-ring (bicyclic) bond motifs is 1. The number of aromatic nitrogens is 2. The summed E-state index contributed by atoms with van der Waals surface area (Å²) in [5, 5.41) is 4.01. The molecular formula is C23H27FN6O3S. The lowest BCUT2D eigenvalue weighted by Gasteiger charge is -2.29. The van der Waals surface area contributed by atoms with E-state index in [2.05, 4.69) is 20.3 Å². The highest BCUT2D eigenvalue weighted by Crippen LogP contribution is 2.37. The average Bonchev–Trinajstić information content (AvgIpc) is 2.83. The Labute approximate surface area is 197 Å². The van der Waals surface area contributed by atoms with E-state index in [-0.39, 0.29) is 17.9 Å². The molecule has 11 heteroatoms. The number of rotatable bonds is 4. The number of pyridine rings is 2. The Bertz CT molecular complexity index is 1410. The molecule has 1 aliphatic heterocycles. The van der Waals surface area contributed by atoms with Crippen LogP contribution in [0.25, 0.3) is 10.9 Å². The molecule has 0 saturated heterocycles. The van der Waals surface area contributed by atoms with Crippen LogP contribution in [0.15, 0.2) is 47.7 Å². The molecule has 1 aromatic carbocycles. The van der Waals surface area contributed by atoms with Crippen molar-refractivity contribution in [3.63, 3.8) is 0 Å². The molecule has 9 nitrogen and oxygen atoms in total. The number of hydrogen-bond acceptors (Lipinski definition) is 8. The van der Waals surface area contributed by atoms with Crippen LogP contribution >= 0.6 is 0 Å². The van der Waals surface area contributed by atoms with Crippen LogP contribution in [-0.4, -0.2) is 54.0 Å². The normalized spacial score (nSPS) is 22.1. The third-order valence-corrected chi connectivity index (χ3v) is 8.64. The van der Waals surface area contributed by atoms with Gasteiger partial charge < -0.3 is 15.8 Å². The van der Waals surface area contributed by atoms with E-state index in [1.807, 2.05) is 12.1 Å². The number of ether oxygens (including phenoxy) is 1. The van der Waals surface area contributed by atoms with Crippen molar-refractivity contribution in [2.45, 2.75) is 31.1 Å². The van der Waals surface area contributed by atoms with Crippen LogP contribution < -0.4 is 15.8 Å². The summed E-state index contributed by atoms with van der Waals surface area (Å²) in [5.41, 5.74) is 6.25. The monoisotopic (exact) mass is 486 g/mol. The van der Waals surface area contributed by atoms with Gasteiger partial charge in [0.25, 0.3) is 0 Å². The van der Waals surface area contributed by atoms with Crippen LogP contribution in [0, 0.1) is 5.82 Å². The van der Waals surface area contributed by atoms with E-state index in [4.69, 9.17) is 10.5 Å². The second kappa shape index (κ2) is 8.17. The Morgan fingerprint density at radius 2 is 1.91 bits per heavy atom. The van der Waals surface area contributed by atoms with Crippen molar-refractivity contribution >= 4 is 38.3 Å². The van der Waals surface area contributed by atoms with Crippen molar-refractivity contribution in [1.29, 1.82) is 0 Å². The first-order valence-corrected chi connectivity index (χ1v) is 12.0. The maximum atomic E-state index is 15.1. The topological polar surface area (TPSA) is 123 Å². The molecule has 0 amide bonds. The molecule has 1 aliphatic rings. The molecule has 0 spiro atoms. The smallest absolute Gasteiger partial charge is 0.226 e. The Kier molecular flexibility index (Phi) is 5.73. The lowest BCUT2D eigenvalue weighted by Crippen LogP contribution is -2.50. The summed E-state index contributed by atoms with van der Waals surface area (Å²) in [6.07, 6.45) is 3.23. The number of nitrogens with zero attached hydrogens (tertiary/aromatic N) is 4. The van der Waals surface area contributed by atoms with E-state index in [0.717, 1.165) is 5.39 Å². The van der Waals surface area contributed by atoms with Gasteiger partial charge in [0, 0.05) is 36.4 Å². The third kappa shape index (κ3) is 3.84. The number of nitrogens with two attached hydrogens (primary N) is 1. The Morgan fingerprint density at radius 3 is 2.62 bits per heavy atom. The van der Waals surface area contributed by atoms with Gasteiger partial charge in [0.2, 0.25) is 10.0 Å². The van der Waals surface area contributed by atoms with E-state index < -0.39 is 26.1 Å². The number of aliphatic imine (C=N–C) groups is 1. The fraction of sp³-hybridized carbons (Fsp3) is 0.348. The maximum absolute atomic E-state index is 15.1. The highest BCUT2D eigenvalue weighted by Gasteiger charge is 2.48. The largest absolute Gasteiger partial charge is 0.495 e. The van der Waals surface area contributed by atoms with Crippen molar-refractivity contribution in [2.75, 3.05) is 26.0 Å². The zero-order valence-electron chi connectivity index (χ0n) is 19.6. The first kappa shape index (κ1) is 23.8. The van der Waals surface area contributed by atoms with E-state index in [1.165, 1.54) is 31.3 Å². The van der Waals surface area contributed by atoms with Gasteiger partial charge in [-0.05, 0) is 51.1 Å². The third-order valence-electron chi connectivity index (χ3n) is 6.19. The highest BCUT2D eigenvalue weighted by atomic mass is 32.2. The van der Waals surface area contributed by atoms with E-state index >= 15 is 4.39 Å². The summed E-state index contributed by atoms with van der Waals surface area (Å²) in [7, 11) is -0.781. The van der Waals surface area contributed by atoms with Crippen molar-refractivity contribution in [1.82, 2.24) is 14.3 Å². The quantitative estimate of drug-likeness (QED) is 0.581. The van der Waals surface area contributed by atoms with Crippen LogP contribution in [0.4, 0.5) is 15.9 Å². The van der Waals surface area contributed by atoms with Crippen molar-refractivity contribution in [3.05, 3.63) is 54.1 Å². The van der Waals surface area contributed by atoms with E-state index in [0.29, 0.717) is 22.8 Å². The Hall–Kier alpha value is -3.31. The minimum Gasteiger partial charge on any atom is -0.495 e. The lowest BCUT2D eigenvalue weighted by atomic mass is 9.91. The molecule has 3 heterocycles. The standard InChI is InChI=1S/C23H27FN6O3S/c1-22(2)21(25)29-23(3,13-30(4)34(22,31)32)17-11-15(6-7-18(17)24)28-20-19-14(8-9-26-20)10-16(33-5)12-27-19/h6-12H,13H2,1-5H3,(H2,25,29)(H,26,28)/t23-/m0/s1. The molecule has 180 valence electrons. The second-order valence-corrected chi connectivity index (χ2v) is 11.6. The molecule has 0 saturated carbocycles. The van der Waals surface area contributed by atoms with Gasteiger partial charge >= 0.3 is 0 Å². The Balaban J connectivity index is 1.78. The Morgan fingerprint density at radius 1 is 1.18 bits per heavy atom. The second-order valence-electron chi connectivity index (χ2n) is 8.97. The van der Waals surface area contributed by atoms with Crippen LogP contribution in [-0.2, 0) is 15.6 Å². The molecule has 0 aliphatic carbocycles. The van der Waals surface area contributed by atoms with Crippen molar-refractivity contribution in [2.24, 2.45) is 10.7 Å². The number of sulfonamides is 1. The first-order valence-electron chi connectivity index (χ1n) is 10.6. The highest BCUT2D eigenvalue weighted by molar-refractivity contribution is 7.91. The van der Waals surface area contributed by atoms with E-state index in [9.17, 15) is 8.42 Å². The number of benzene rings is 1. The van der Waals surface area contributed by atoms with Crippen LogP contribution in [0.1, 0.15) is 26.3 Å². The number of anilines is 2. The molecule has 0 bridgehead atoms. The van der Waals surface area contributed by atoms with Crippen molar-refractivity contribution < 1.29 is 17.5 Å². The molecule has 2 aromatic heterocycles. The molecule has 34 heavy (non-hydrogen) atoms. The molecule has 3 aromatic rings. The number of halogens is 1. The fourth-order valence-corrected chi connectivity index (χ4v) is 5.53. The summed E-state index contributed by atoms with van der Waals surface area (Å²) in [6.45, 7) is 4.57. The number of likely N-dealkylation sites (N-methyl/N-ethyl adjacent to an activating group) is 1. The molecule has 0 fully saturated rings. The predicted octanol–water partition coefficient (Wildman–Crippen LogP) is 3.15. The summed E-state index contributed by atoms with van der Waals surface area (Å²) in [5.74, 6) is 0.495. The molecule has 4 rings (SSSR count). The maximum Gasteiger partial charge on any atom is 0.226 e. The molecule has 0 unspecified atom stereocenters. The van der Waals surface area contributed by atoms with Crippen LogP contribution in [0.5, 0.6) is 5.75 Å². The molecule has 0 radical (unpaired) electrons. The van der Waals surface area contributed by atoms with Crippen LogP contribution in [0.2, 0.25) is 0 Å². The van der Waals surface area contributed by atoms with E-state index in [1.54, 1.807) is 38.6 Å². The number of methoxy groups -OCH3 is 1. The van der Waals surface area contributed by atoms with Gasteiger partial charge in [-0.1, -0.05) is 0 Å². The minimum absolute atomic E-state index is 0.0757. The summed E-state index contributed by atoms with van der Waals surface area (Å²) >= 11 is 0. The molecular weight excluding hydrogens is 459 g/mol. The van der Waals surface area contributed by atoms with Gasteiger partial charge in [-0.3, -0.25) is 4.99 Å². The zero-order chi connectivity index (χ0) is 24.9. The van der Waals surface area contributed by atoms with Gasteiger partial charge in [-0.2, -0.15) is 0 Å². The number of nitrogens with one attached hydrogen (secondary N) is 1. The molecule has 3 N–H and O–H groups in total. The van der Waals surface area contributed by atoms with Gasteiger partial charge in [0.05, 0.1) is 13.3 Å². The molecule has 1 atom stereocenters. The van der Waals surface area contributed by atoms with Gasteiger partial charge in [0.1, 0.15) is 33.2 Å². The fourth-order valence-electron chi connectivity index (χ4n) is 4.02. The summed E-state index contributed by atoms with van der Waals surface area (Å²) in [4.78, 5) is 13.3. The van der Waals surface area contributed by atoms with Crippen LogP contribution in [0.3, 0.4) is 0 Å². The summed E-state index contributed by atoms with van der Waals surface area (Å²) in [6, 6.07) is 8.12. The average molecular weight is 487 g/mol. The minimum atomic E-state index is -3.80.